The average Bonchev–Trinajstić information content (AvgIpc) is 2.63. The summed E-state index contributed by atoms with van der Waals surface area (Å²) in [5.41, 5.74) is 10.1. The molecule has 0 saturated heterocycles. The highest BCUT2D eigenvalue weighted by molar-refractivity contribution is 6.90. The standard InChI is InChI=1S/C26H43NSi/c1-19(2)28(20(3)4,21(5)6)18-17-25(24-15-10-9-11-16-24)27-26-22(7)13-12-14-23(26)8/h12-14,19-21,24-25,27H,9-11,15-16H2,1-8H3. The van der Waals surface area contributed by atoms with E-state index in [1.54, 1.807) is 0 Å². The zero-order valence-corrected chi connectivity index (χ0v) is 20.7. The first kappa shape index (κ1) is 23.1. The van der Waals surface area contributed by atoms with Crippen LogP contribution in [0.2, 0.25) is 16.6 Å². The van der Waals surface area contributed by atoms with Gasteiger partial charge in [0.25, 0.3) is 0 Å². The summed E-state index contributed by atoms with van der Waals surface area (Å²) in [4.78, 5) is 0. The molecule has 1 N–H and O–H groups in total. The van der Waals surface area contributed by atoms with Gasteiger partial charge in [0, 0.05) is 5.69 Å². The van der Waals surface area contributed by atoms with Crippen molar-refractivity contribution in [2.45, 2.75) is 110 Å². The van der Waals surface area contributed by atoms with Crippen molar-refractivity contribution in [2.24, 2.45) is 5.92 Å². The molecule has 0 bridgehead atoms. The molecule has 1 fully saturated rings. The Morgan fingerprint density at radius 3 is 1.82 bits per heavy atom. The fourth-order valence-electron chi connectivity index (χ4n) is 5.57. The fourth-order valence-corrected chi connectivity index (χ4v) is 10.8. The average molecular weight is 398 g/mol. The molecule has 0 heterocycles. The molecule has 28 heavy (non-hydrogen) atoms. The van der Waals surface area contributed by atoms with Crippen molar-refractivity contribution in [2.75, 3.05) is 5.32 Å². The predicted molar refractivity (Wildman–Crippen MR) is 129 cm³/mol. The molecule has 2 rings (SSSR count). The maximum absolute atomic E-state index is 4.01. The number of anilines is 1. The summed E-state index contributed by atoms with van der Waals surface area (Å²) in [6, 6.07) is 6.88. The van der Waals surface area contributed by atoms with Crippen LogP contribution in [0.5, 0.6) is 0 Å². The zero-order valence-electron chi connectivity index (χ0n) is 19.7. The van der Waals surface area contributed by atoms with Gasteiger partial charge in [-0.1, -0.05) is 84.9 Å². The Labute approximate surface area is 176 Å². The number of para-hydroxylation sites is 1. The van der Waals surface area contributed by atoms with Gasteiger partial charge in [0.05, 0.1) is 6.04 Å². The molecule has 1 aliphatic carbocycles. The molecule has 1 atom stereocenters. The summed E-state index contributed by atoms with van der Waals surface area (Å²) < 4.78 is 0. The van der Waals surface area contributed by atoms with Gasteiger partial charge in [0.2, 0.25) is 0 Å². The van der Waals surface area contributed by atoms with Gasteiger partial charge in [-0.15, -0.1) is 5.54 Å². The highest BCUT2D eigenvalue weighted by atomic mass is 28.3. The number of nitrogens with one attached hydrogen (secondary N) is 1. The third kappa shape index (κ3) is 5.04. The van der Waals surface area contributed by atoms with E-state index in [0.717, 1.165) is 0 Å². The Balaban J connectivity index is 2.44. The number of benzene rings is 1. The first-order valence-corrected chi connectivity index (χ1v) is 13.8. The van der Waals surface area contributed by atoms with Crippen LogP contribution in [0.15, 0.2) is 18.2 Å². The maximum Gasteiger partial charge on any atom is 0.146 e. The van der Waals surface area contributed by atoms with Gasteiger partial charge >= 0.3 is 0 Å². The van der Waals surface area contributed by atoms with Crippen LogP contribution in [0.3, 0.4) is 0 Å². The van der Waals surface area contributed by atoms with E-state index < -0.39 is 8.07 Å². The molecule has 0 aromatic heterocycles. The maximum atomic E-state index is 4.01. The van der Waals surface area contributed by atoms with Crippen molar-refractivity contribution in [3.63, 3.8) is 0 Å². The molecule has 1 unspecified atom stereocenters. The van der Waals surface area contributed by atoms with E-state index in [1.165, 1.54) is 48.9 Å². The van der Waals surface area contributed by atoms with Crippen molar-refractivity contribution < 1.29 is 0 Å². The van der Waals surface area contributed by atoms with Gasteiger partial charge in [-0.05, 0) is 60.4 Å². The van der Waals surface area contributed by atoms with E-state index in [1.807, 2.05) is 0 Å². The minimum Gasteiger partial charge on any atom is -0.371 e. The van der Waals surface area contributed by atoms with Crippen LogP contribution in [0.4, 0.5) is 5.69 Å². The lowest BCUT2D eigenvalue weighted by Gasteiger charge is -2.38. The van der Waals surface area contributed by atoms with E-state index in [0.29, 0.717) is 22.5 Å². The van der Waals surface area contributed by atoms with Crippen molar-refractivity contribution in [1.82, 2.24) is 0 Å². The minimum absolute atomic E-state index is 0.281. The molecule has 156 valence electrons. The molecular weight excluding hydrogens is 354 g/mol. The largest absolute Gasteiger partial charge is 0.371 e. The SMILES string of the molecule is Cc1cccc(C)c1NC(C#C[Si](C(C)C)(C(C)C)C(C)C)C1CCCCC1. The van der Waals surface area contributed by atoms with Crippen LogP contribution in [0, 0.1) is 31.2 Å². The summed E-state index contributed by atoms with van der Waals surface area (Å²) in [6.45, 7) is 18.9. The highest BCUT2D eigenvalue weighted by Crippen LogP contribution is 2.41. The third-order valence-electron chi connectivity index (χ3n) is 7.21. The topological polar surface area (TPSA) is 12.0 Å². The Morgan fingerprint density at radius 1 is 0.857 bits per heavy atom. The second kappa shape index (κ2) is 10.0. The normalized spacial score (nSPS) is 17.0. The Morgan fingerprint density at radius 2 is 1.36 bits per heavy atom. The van der Waals surface area contributed by atoms with Crippen molar-refractivity contribution in [3.05, 3.63) is 29.3 Å². The van der Waals surface area contributed by atoms with Crippen LogP contribution in [-0.4, -0.2) is 14.1 Å². The van der Waals surface area contributed by atoms with Gasteiger partial charge in [0.15, 0.2) is 0 Å². The van der Waals surface area contributed by atoms with E-state index in [-0.39, 0.29) is 6.04 Å². The lowest BCUT2D eigenvalue weighted by atomic mass is 9.84. The molecule has 0 amide bonds. The first-order chi connectivity index (χ1) is 13.2. The molecule has 0 spiro atoms. The number of rotatable bonds is 6. The van der Waals surface area contributed by atoms with Gasteiger partial charge < -0.3 is 5.32 Å². The van der Waals surface area contributed by atoms with E-state index >= 15 is 0 Å². The summed E-state index contributed by atoms with van der Waals surface area (Å²) in [5.74, 6) is 4.56. The molecule has 1 saturated carbocycles. The Hall–Kier alpha value is -1.20. The smallest absolute Gasteiger partial charge is 0.146 e. The summed E-state index contributed by atoms with van der Waals surface area (Å²) in [7, 11) is -1.70. The lowest BCUT2D eigenvalue weighted by Crippen LogP contribution is -2.44. The molecule has 0 aliphatic heterocycles. The van der Waals surface area contributed by atoms with Crippen LogP contribution >= 0.6 is 0 Å². The second-order valence-electron chi connectivity index (χ2n) is 9.95. The molecule has 2 heteroatoms. The minimum atomic E-state index is -1.70. The highest BCUT2D eigenvalue weighted by Gasteiger charge is 2.42. The second-order valence-corrected chi connectivity index (χ2v) is 15.5. The van der Waals surface area contributed by atoms with Gasteiger partial charge in [0.1, 0.15) is 8.07 Å². The van der Waals surface area contributed by atoms with Crippen molar-refractivity contribution in [1.29, 1.82) is 0 Å². The molecule has 1 aromatic rings. The van der Waals surface area contributed by atoms with Gasteiger partial charge in [-0.2, -0.15) is 0 Å². The molecule has 1 nitrogen and oxygen atoms in total. The summed E-state index contributed by atoms with van der Waals surface area (Å²) >= 11 is 0. The fraction of sp³-hybridized carbons (Fsp3) is 0.692. The first-order valence-electron chi connectivity index (χ1n) is 11.6. The number of aryl methyl sites for hydroxylation is 2. The molecule has 1 aromatic carbocycles. The third-order valence-corrected chi connectivity index (χ3v) is 13.5. The van der Waals surface area contributed by atoms with E-state index in [2.05, 4.69) is 90.4 Å². The molecule has 1 aliphatic rings. The van der Waals surface area contributed by atoms with Crippen molar-refractivity contribution >= 4 is 13.8 Å². The Bertz CT molecular complexity index is 644. The van der Waals surface area contributed by atoms with E-state index in [4.69, 9.17) is 0 Å². The van der Waals surface area contributed by atoms with Crippen LogP contribution in [0.1, 0.15) is 84.8 Å². The molecule has 0 radical (unpaired) electrons. The van der Waals surface area contributed by atoms with Crippen LogP contribution in [-0.2, 0) is 0 Å². The molecular formula is C26H43NSi. The van der Waals surface area contributed by atoms with E-state index in [9.17, 15) is 0 Å². The zero-order chi connectivity index (χ0) is 20.9. The van der Waals surface area contributed by atoms with Crippen molar-refractivity contribution in [3.8, 4) is 11.5 Å². The summed E-state index contributed by atoms with van der Waals surface area (Å²) in [6.07, 6.45) is 6.74. The monoisotopic (exact) mass is 397 g/mol. The lowest BCUT2D eigenvalue weighted by molar-refractivity contribution is 0.347. The van der Waals surface area contributed by atoms with Crippen LogP contribution < -0.4 is 5.32 Å². The van der Waals surface area contributed by atoms with Gasteiger partial charge in [-0.25, -0.2) is 0 Å². The summed E-state index contributed by atoms with van der Waals surface area (Å²) in [5, 5.41) is 3.92. The predicted octanol–water partition coefficient (Wildman–Crippen LogP) is 7.89. The quantitative estimate of drug-likeness (QED) is 0.380. The van der Waals surface area contributed by atoms with Crippen LogP contribution in [0.25, 0.3) is 0 Å². The Kier molecular flexibility index (Phi) is 8.26. The van der Waals surface area contributed by atoms with Gasteiger partial charge in [-0.3, -0.25) is 0 Å². The number of hydrogen-bond donors (Lipinski definition) is 1. The number of hydrogen-bond acceptors (Lipinski definition) is 1.